The lowest BCUT2D eigenvalue weighted by Crippen LogP contribution is -2.39. The highest BCUT2D eigenvalue weighted by Crippen LogP contribution is 2.23. The van der Waals surface area contributed by atoms with Gasteiger partial charge in [0.2, 0.25) is 5.91 Å². The van der Waals surface area contributed by atoms with Crippen LogP contribution in [0.3, 0.4) is 0 Å². The zero-order valence-electron chi connectivity index (χ0n) is 11.5. The molecule has 1 atom stereocenters. The number of hydrogen-bond acceptors (Lipinski definition) is 5. The number of carbonyl (C=O) groups is 1. The third kappa shape index (κ3) is 3.09. The van der Waals surface area contributed by atoms with Gasteiger partial charge < -0.3 is 9.47 Å². The van der Waals surface area contributed by atoms with Crippen molar-refractivity contribution in [2.75, 3.05) is 13.2 Å². The van der Waals surface area contributed by atoms with Crippen LogP contribution in [0, 0.1) is 5.92 Å². The summed E-state index contributed by atoms with van der Waals surface area (Å²) in [6, 6.07) is 4.79. The van der Waals surface area contributed by atoms with Crippen molar-refractivity contribution >= 4 is 15.9 Å². The molecule has 1 unspecified atom stereocenters. The first-order chi connectivity index (χ1) is 10.1. The largest absolute Gasteiger partial charge is 0.381 e. The summed E-state index contributed by atoms with van der Waals surface area (Å²) in [4.78, 5) is 12.1. The predicted octanol–water partition coefficient (Wildman–Crippen LogP) is 0.948. The van der Waals surface area contributed by atoms with Gasteiger partial charge in [-0.25, -0.2) is 13.1 Å². The fraction of sp³-hybridized carbons (Fsp3) is 0.500. The van der Waals surface area contributed by atoms with E-state index in [1.54, 1.807) is 12.1 Å². The summed E-state index contributed by atoms with van der Waals surface area (Å²) in [7, 11) is -3.84. The third-order valence-corrected chi connectivity index (χ3v) is 5.11. The number of nitrogens with one attached hydrogen (secondary N) is 1. The van der Waals surface area contributed by atoms with Crippen LogP contribution in [0.15, 0.2) is 23.1 Å². The number of fused-ring (bicyclic) bond motifs is 1. The lowest BCUT2D eigenvalue weighted by Gasteiger charge is -2.21. The van der Waals surface area contributed by atoms with E-state index in [9.17, 15) is 13.2 Å². The minimum absolute atomic E-state index is 0.0943. The van der Waals surface area contributed by atoms with Crippen LogP contribution < -0.4 is 4.72 Å². The Labute approximate surface area is 123 Å². The summed E-state index contributed by atoms with van der Waals surface area (Å²) >= 11 is 0. The second kappa shape index (κ2) is 5.75. The zero-order valence-corrected chi connectivity index (χ0v) is 12.3. The molecule has 0 radical (unpaired) electrons. The molecule has 1 N–H and O–H groups in total. The predicted molar refractivity (Wildman–Crippen MR) is 73.8 cm³/mol. The molecule has 1 saturated heterocycles. The number of hydrogen-bond donors (Lipinski definition) is 1. The average molecular weight is 311 g/mol. The number of carbonyl (C=O) groups excluding carboxylic acids is 1. The van der Waals surface area contributed by atoms with E-state index in [4.69, 9.17) is 9.47 Å². The van der Waals surface area contributed by atoms with Gasteiger partial charge in [-0.05, 0) is 36.1 Å². The smallest absolute Gasteiger partial charge is 0.264 e. The highest BCUT2D eigenvalue weighted by Gasteiger charge is 2.27. The Kier molecular flexibility index (Phi) is 3.97. The van der Waals surface area contributed by atoms with Crippen LogP contribution in [0.1, 0.15) is 24.0 Å². The molecular formula is C14H17NO5S. The number of rotatable bonds is 3. The number of ether oxygens (including phenoxy) is 2. The van der Waals surface area contributed by atoms with Crippen molar-refractivity contribution in [3.63, 3.8) is 0 Å². The molecule has 7 heteroatoms. The Morgan fingerprint density at radius 2 is 2.00 bits per heavy atom. The summed E-state index contributed by atoms with van der Waals surface area (Å²) in [6.07, 6.45) is 1.42. The number of sulfonamides is 1. The highest BCUT2D eigenvalue weighted by molar-refractivity contribution is 7.90. The molecule has 114 valence electrons. The van der Waals surface area contributed by atoms with Gasteiger partial charge >= 0.3 is 0 Å². The fourth-order valence-corrected chi connectivity index (χ4v) is 3.63. The van der Waals surface area contributed by atoms with Crippen molar-refractivity contribution in [3.8, 4) is 0 Å². The normalized spacial score (nSPS) is 21.8. The van der Waals surface area contributed by atoms with Gasteiger partial charge in [0.05, 0.1) is 30.6 Å². The summed E-state index contributed by atoms with van der Waals surface area (Å²) in [5.74, 6) is -0.891. The molecule has 0 aromatic heterocycles. The molecule has 0 spiro atoms. The molecule has 1 fully saturated rings. The van der Waals surface area contributed by atoms with Crippen molar-refractivity contribution in [3.05, 3.63) is 29.3 Å². The highest BCUT2D eigenvalue weighted by atomic mass is 32.2. The first-order valence-corrected chi connectivity index (χ1v) is 8.38. The Morgan fingerprint density at radius 1 is 1.19 bits per heavy atom. The average Bonchev–Trinajstić information content (AvgIpc) is 2.95. The quantitative estimate of drug-likeness (QED) is 0.899. The molecule has 2 heterocycles. The second-order valence-corrected chi connectivity index (χ2v) is 6.99. The van der Waals surface area contributed by atoms with E-state index in [0.717, 1.165) is 17.5 Å². The van der Waals surface area contributed by atoms with Gasteiger partial charge in [0.1, 0.15) is 0 Å². The van der Waals surface area contributed by atoms with Crippen LogP contribution in [-0.4, -0.2) is 27.5 Å². The molecule has 2 aliphatic heterocycles. The van der Waals surface area contributed by atoms with Crippen LogP contribution in [0.2, 0.25) is 0 Å². The molecule has 3 rings (SSSR count). The van der Waals surface area contributed by atoms with Crippen LogP contribution in [-0.2, 0) is 37.5 Å². The SMILES string of the molecule is O=C(NS(=O)(=O)c1ccc2c(c1)COC2)C1CCCOC1. The van der Waals surface area contributed by atoms with Gasteiger partial charge in [-0.3, -0.25) is 4.79 Å². The van der Waals surface area contributed by atoms with E-state index in [-0.39, 0.29) is 11.5 Å². The van der Waals surface area contributed by atoms with Gasteiger partial charge in [0.15, 0.2) is 0 Å². The molecule has 1 amide bonds. The molecule has 0 bridgehead atoms. The Morgan fingerprint density at radius 3 is 2.76 bits per heavy atom. The molecule has 0 saturated carbocycles. The maximum atomic E-state index is 12.3. The first kappa shape index (κ1) is 14.5. The van der Waals surface area contributed by atoms with Crippen molar-refractivity contribution in [2.45, 2.75) is 31.0 Å². The maximum absolute atomic E-state index is 12.3. The molecule has 1 aromatic carbocycles. The molecule has 2 aliphatic rings. The van der Waals surface area contributed by atoms with Gasteiger partial charge in [-0.1, -0.05) is 6.07 Å². The van der Waals surface area contributed by atoms with Crippen LogP contribution in [0.25, 0.3) is 0 Å². The van der Waals surface area contributed by atoms with E-state index in [1.807, 2.05) is 0 Å². The lowest BCUT2D eigenvalue weighted by atomic mass is 10.0. The molecule has 1 aromatic rings. The number of benzene rings is 1. The van der Waals surface area contributed by atoms with E-state index in [2.05, 4.69) is 4.72 Å². The topological polar surface area (TPSA) is 81.7 Å². The molecular weight excluding hydrogens is 294 g/mol. The Bertz CT molecular complexity index is 649. The Balaban J connectivity index is 1.75. The van der Waals surface area contributed by atoms with E-state index in [0.29, 0.717) is 26.2 Å². The maximum Gasteiger partial charge on any atom is 0.264 e. The van der Waals surface area contributed by atoms with Crippen molar-refractivity contribution in [1.29, 1.82) is 0 Å². The first-order valence-electron chi connectivity index (χ1n) is 6.90. The Hall–Kier alpha value is -1.44. The van der Waals surface area contributed by atoms with Crippen LogP contribution in [0.5, 0.6) is 0 Å². The van der Waals surface area contributed by atoms with E-state index in [1.165, 1.54) is 6.07 Å². The monoisotopic (exact) mass is 311 g/mol. The summed E-state index contributed by atoms with van der Waals surface area (Å²) < 4.78 is 37.2. The fourth-order valence-electron chi connectivity index (χ4n) is 2.54. The number of amides is 1. The zero-order chi connectivity index (χ0) is 14.9. The van der Waals surface area contributed by atoms with E-state index < -0.39 is 21.8 Å². The van der Waals surface area contributed by atoms with Crippen molar-refractivity contribution in [2.24, 2.45) is 5.92 Å². The minimum atomic E-state index is -3.84. The van der Waals surface area contributed by atoms with Gasteiger partial charge in [0, 0.05) is 6.61 Å². The summed E-state index contributed by atoms with van der Waals surface area (Å²) in [5.41, 5.74) is 1.84. The van der Waals surface area contributed by atoms with Gasteiger partial charge in [0.25, 0.3) is 10.0 Å². The molecule has 0 aliphatic carbocycles. The minimum Gasteiger partial charge on any atom is -0.381 e. The van der Waals surface area contributed by atoms with Crippen molar-refractivity contribution < 1.29 is 22.7 Å². The standard InChI is InChI=1S/C14H17NO5S/c16-14(11-2-1-5-19-8-11)15-21(17,18)13-4-3-10-7-20-9-12(10)6-13/h3-4,6,11H,1-2,5,7-9H2,(H,15,16). The van der Waals surface area contributed by atoms with Gasteiger partial charge in [-0.15, -0.1) is 0 Å². The summed E-state index contributed by atoms with van der Waals surface area (Å²) in [6.45, 7) is 1.81. The lowest BCUT2D eigenvalue weighted by molar-refractivity contribution is -0.127. The molecule has 6 nitrogen and oxygen atoms in total. The van der Waals surface area contributed by atoms with Crippen LogP contribution >= 0.6 is 0 Å². The van der Waals surface area contributed by atoms with E-state index >= 15 is 0 Å². The van der Waals surface area contributed by atoms with Crippen molar-refractivity contribution in [1.82, 2.24) is 4.72 Å². The third-order valence-electron chi connectivity index (χ3n) is 3.77. The summed E-state index contributed by atoms with van der Waals surface area (Å²) in [5, 5.41) is 0. The van der Waals surface area contributed by atoms with Crippen LogP contribution in [0.4, 0.5) is 0 Å². The van der Waals surface area contributed by atoms with Gasteiger partial charge in [-0.2, -0.15) is 0 Å². The second-order valence-electron chi connectivity index (χ2n) is 5.31. The molecule has 21 heavy (non-hydrogen) atoms.